The van der Waals surface area contributed by atoms with Gasteiger partial charge < -0.3 is 24.7 Å². The molecule has 3 heterocycles. The summed E-state index contributed by atoms with van der Waals surface area (Å²) in [6.07, 6.45) is 5.04. The van der Waals surface area contributed by atoms with Gasteiger partial charge in [-0.25, -0.2) is 0 Å². The summed E-state index contributed by atoms with van der Waals surface area (Å²) in [5.41, 5.74) is 4.33. The second-order valence-corrected chi connectivity index (χ2v) is 6.79. The lowest BCUT2D eigenvalue weighted by molar-refractivity contribution is -0.133. The molecule has 0 aliphatic carbocycles. The smallest absolute Gasteiger partial charge is 0.248 e. The van der Waals surface area contributed by atoms with Crippen LogP contribution < -0.4 is 5.32 Å². The summed E-state index contributed by atoms with van der Waals surface area (Å²) < 4.78 is 4.79. The number of carbonyl (C=O) groups is 1. The number of hydrogen-bond donors (Lipinski definition) is 2. The number of carbonyl (C=O) groups excluding carboxylic acids is 1. The minimum Gasteiger partial charge on any atom is -0.390 e. The molecule has 2 aliphatic heterocycles. The SMILES string of the molecule is O=C(CO)N1CC=C(c2ccc(C3=NOC(CNc4ccon4)C3)cc2)CC1. The summed E-state index contributed by atoms with van der Waals surface area (Å²) >= 11 is 0. The van der Waals surface area contributed by atoms with Gasteiger partial charge in [-0.3, -0.25) is 4.79 Å². The quantitative estimate of drug-likeness (QED) is 0.791. The average Bonchev–Trinajstić information content (AvgIpc) is 3.44. The Morgan fingerprint density at radius 1 is 1.25 bits per heavy atom. The van der Waals surface area contributed by atoms with Gasteiger partial charge in [-0.2, -0.15) is 0 Å². The molecule has 28 heavy (non-hydrogen) atoms. The molecule has 8 nitrogen and oxygen atoms in total. The summed E-state index contributed by atoms with van der Waals surface area (Å²) in [6.45, 7) is 1.34. The van der Waals surface area contributed by atoms with E-state index < -0.39 is 6.61 Å². The van der Waals surface area contributed by atoms with Crippen LogP contribution in [0.3, 0.4) is 0 Å². The third-order valence-corrected chi connectivity index (χ3v) is 4.97. The highest BCUT2D eigenvalue weighted by molar-refractivity contribution is 6.01. The highest BCUT2D eigenvalue weighted by atomic mass is 16.6. The second kappa shape index (κ2) is 8.26. The lowest BCUT2D eigenvalue weighted by atomic mass is 9.96. The molecule has 0 fully saturated rings. The minimum atomic E-state index is -0.433. The Morgan fingerprint density at radius 2 is 2.07 bits per heavy atom. The first-order chi connectivity index (χ1) is 13.7. The van der Waals surface area contributed by atoms with Crippen molar-refractivity contribution in [3.05, 3.63) is 53.8 Å². The topological polar surface area (TPSA) is 100 Å². The predicted molar refractivity (Wildman–Crippen MR) is 104 cm³/mol. The average molecular weight is 382 g/mol. The van der Waals surface area contributed by atoms with Crippen molar-refractivity contribution in [2.75, 3.05) is 31.6 Å². The van der Waals surface area contributed by atoms with E-state index >= 15 is 0 Å². The van der Waals surface area contributed by atoms with Crippen LogP contribution in [0.25, 0.3) is 5.57 Å². The van der Waals surface area contributed by atoms with Gasteiger partial charge in [0.05, 0.1) is 12.3 Å². The Kier molecular flexibility index (Phi) is 5.38. The predicted octanol–water partition coefficient (Wildman–Crippen LogP) is 1.89. The first-order valence-corrected chi connectivity index (χ1v) is 9.28. The number of oxime groups is 1. The highest BCUT2D eigenvalue weighted by Crippen LogP contribution is 2.24. The lowest BCUT2D eigenvalue weighted by Crippen LogP contribution is -2.36. The van der Waals surface area contributed by atoms with Crippen LogP contribution in [0.15, 0.2) is 52.3 Å². The molecule has 2 aromatic rings. The van der Waals surface area contributed by atoms with Gasteiger partial charge in [0.2, 0.25) is 5.91 Å². The molecule has 0 saturated carbocycles. The molecule has 1 atom stereocenters. The number of nitrogens with one attached hydrogen (secondary N) is 1. The Labute approximate surface area is 162 Å². The van der Waals surface area contributed by atoms with Crippen molar-refractivity contribution in [3.63, 3.8) is 0 Å². The number of amides is 1. The van der Waals surface area contributed by atoms with Crippen molar-refractivity contribution in [2.24, 2.45) is 5.16 Å². The molecule has 8 heteroatoms. The standard InChI is InChI=1S/C20H22N4O4/c25-13-20(26)24-8-5-15(6-9-24)14-1-3-16(4-2-14)18-11-17(28-22-18)12-21-19-7-10-27-23-19/h1-5,7,10,17,25H,6,8-9,11-13H2,(H,21,23). The number of hydrogen-bond acceptors (Lipinski definition) is 7. The van der Waals surface area contributed by atoms with Crippen LogP contribution in [-0.4, -0.2) is 59.1 Å². The zero-order valence-electron chi connectivity index (χ0n) is 15.4. The summed E-state index contributed by atoms with van der Waals surface area (Å²) in [4.78, 5) is 18.7. The molecule has 2 N–H and O–H groups in total. The monoisotopic (exact) mass is 382 g/mol. The van der Waals surface area contributed by atoms with Crippen molar-refractivity contribution in [1.29, 1.82) is 0 Å². The van der Waals surface area contributed by atoms with E-state index in [2.05, 4.69) is 39.9 Å². The van der Waals surface area contributed by atoms with Crippen LogP contribution in [-0.2, 0) is 9.63 Å². The number of anilines is 1. The van der Waals surface area contributed by atoms with E-state index in [1.54, 1.807) is 11.0 Å². The highest BCUT2D eigenvalue weighted by Gasteiger charge is 2.23. The van der Waals surface area contributed by atoms with Crippen LogP contribution in [0.1, 0.15) is 24.0 Å². The number of rotatable bonds is 6. The fourth-order valence-electron chi connectivity index (χ4n) is 3.37. The maximum absolute atomic E-state index is 11.6. The Morgan fingerprint density at radius 3 is 2.75 bits per heavy atom. The Bertz CT molecular complexity index is 874. The maximum Gasteiger partial charge on any atom is 0.248 e. The minimum absolute atomic E-state index is 0.0394. The Hall–Kier alpha value is -3.13. The third-order valence-electron chi connectivity index (χ3n) is 4.97. The van der Waals surface area contributed by atoms with Crippen molar-refractivity contribution in [3.8, 4) is 0 Å². The third kappa shape index (κ3) is 4.07. The number of aliphatic hydroxyl groups is 1. The number of nitrogens with zero attached hydrogens (tertiary/aromatic N) is 3. The number of benzene rings is 1. The fourth-order valence-corrected chi connectivity index (χ4v) is 3.37. The lowest BCUT2D eigenvalue weighted by Gasteiger charge is -2.26. The molecule has 1 aromatic carbocycles. The zero-order valence-corrected chi connectivity index (χ0v) is 15.4. The molecule has 0 bridgehead atoms. The van der Waals surface area contributed by atoms with Crippen molar-refractivity contribution in [2.45, 2.75) is 18.9 Å². The van der Waals surface area contributed by atoms with Gasteiger partial charge in [-0.1, -0.05) is 40.7 Å². The van der Waals surface area contributed by atoms with E-state index in [0.29, 0.717) is 25.5 Å². The molecular weight excluding hydrogens is 360 g/mol. The maximum atomic E-state index is 11.6. The van der Waals surface area contributed by atoms with Gasteiger partial charge in [0, 0.05) is 25.6 Å². The Balaban J connectivity index is 1.32. The molecule has 146 valence electrons. The second-order valence-electron chi connectivity index (χ2n) is 6.79. The molecule has 0 spiro atoms. The summed E-state index contributed by atoms with van der Waals surface area (Å²) in [5.74, 6) is 0.457. The molecule has 1 aromatic heterocycles. The van der Waals surface area contributed by atoms with E-state index in [1.165, 1.54) is 11.8 Å². The van der Waals surface area contributed by atoms with Gasteiger partial charge in [0.15, 0.2) is 5.82 Å². The number of aromatic nitrogens is 1. The van der Waals surface area contributed by atoms with Gasteiger partial charge >= 0.3 is 0 Å². The van der Waals surface area contributed by atoms with Gasteiger partial charge in [-0.05, 0) is 23.1 Å². The first kappa shape index (κ1) is 18.2. The van der Waals surface area contributed by atoms with E-state index in [4.69, 9.17) is 14.5 Å². The number of aliphatic hydroxyl groups excluding tert-OH is 1. The van der Waals surface area contributed by atoms with Crippen LogP contribution in [0.2, 0.25) is 0 Å². The summed E-state index contributed by atoms with van der Waals surface area (Å²) in [6, 6.07) is 10.0. The van der Waals surface area contributed by atoms with Crippen LogP contribution in [0.5, 0.6) is 0 Å². The van der Waals surface area contributed by atoms with Crippen molar-refractivity contribution >= 4 is 23.0 Å². The first-order valence-electron chi connectivity index (χ1n) is 9.28. The summed E-state index contributed by atoms with van der Waals surface area (Å²) in [5, 5.41) is 20.1. The molecular formula is C20H22N4O4. The molecule has 4 rings (SSSR count). The van der Waals surface area contributed by atoms with Crippen molar-refractivity contribution in [1.82, 2.24) is 10.1 Å². The van der Waals surface area contributed by atoms with Crippen molar-refractivity contribution < 1.29 is 19.3 Å². The van der Waals surface area contributed by atoms with E-state index in [1.807, 2.05) is 6.08 Å². The molecule has 0 saturated heterocycles. The largest absolute Gasteiger partial charge is 0.390 e. The molecule has 1 unspecified atom stereocenters. The molecule has 0 radical (unpaired) electrons. The van der Waals surface area contributed by atoms with Gasteiger partial charge in [0.1, 0.15) is 19.0 Å². The van der Waals surface area contributed by atoms with E-state index in [9.17, 15) is 4.79 Å². The van der Waals surface area contributed by atoms with E-state index in [-0.39, 0.29) is 12.0 Å². The summed E-state index contributed by atoms with van der Waals surface area (Å²) in [7, 11) is 0. The zero-order chi connectivity index (χ0) is 19.3. The fraction of sp³-hybridized carbons (Fsp3) is 0.350. The molecule has 1 amide bonds. The van der Waals surface area contributed by atoms with E-state index in [0.717, 1.165) is 29.7 Å². The van der Waals surface area contributed by atoms with Crippen LogP contribution in [0, 0.1) is 0 Å². The van der Waals surface area contributed by atoms with Crippen LogP contribution in [0.4, 0.5) is 5.82 Å². The van der Waals surface area contributed by atoms with Gasteiger partial charge in [0.25, 0.3) is 0 Å². The normalized spacial score (nSPS) is 19.0. The van der Waals surface area contributed by atoms with Crippen LogP contribution >= 0.6 is 0 Å². The van der Waals surface area contributed by atoms with Gasteiger partial charge in [-0.15, -0.1) is 0 Å². The molecule has 2 aliphatic rings.